The molecule has 122 valence electrons. The second kappa shape index (κ2) is 6.64. The first-order valence-corrected chi connectivity index (χ1v) is 7.65. The fourth-order valence-corrected chi connectivity index (χ4v) is 2.51. The van der Waals surface area contributed by atoms with Crippen LogP contribution in [-0.2, 0) is 0 Å². The number of anilines is 3. The maximum absolute atomic E-state index is 12.1. The zero-order chi connectivity index (χ0) is 17.1. The summed E-state index contributed by atoms with van der Waals surface area (Å²) < 4.78 is 0. The number of nitrogens with one attached hydrogen (secondary N) is 3. The molecule has 5 N–H and O–H groups in total. The summed E-state index contributed by atoms with van der Waals surface area (Å²) in [6.45, 7) is 1.85. The number of carbonyl (C=O) groups is 1. The molecule has 0 aliphatic carbocycles. The third-order valence-corrected chi connectivity index (χ3v) is 3.73. The maximum atomic E-state index is 12.1. The van der Waals surface area contributed by atoms with Crippen molar-refractivity contribution in [3.8, 4) is 11.3 Å². The first kappa shape index (κ1) is 15.9. The Hall–Kier alpha value is -2.99. The minimum atomic E-state index is -0.415. The molecule has 2 heterocycles. The van der Waals surface area contributed by atoms with E-state index in [1.54, 1.807) is 30.5 Å². The Labute approximate surface area is 144 Å². The van der Waals surface area contributed by atoms with Crippen LogP contribution in [0.15, 0.2) is 48.7 Å². The number of amides is 2. The number of hydrogen-bond donors (Lipinski definition) is 4. The van der Waals surface area contributed by atoms with Gasteiger partial charge in [0.2, 0.25) is 0 Å². The molecule has 3 aromatic rings. The van der Waals surface area contributed by atoms with E-state index in [9.17, 15) is 4.79 Å². The molecule has 0 atom stereocenters. The highest BCUT2D eigenvalue weighted by atomic mass is 35.5. The van der Waals surface area contributed by atoms with Gasteiger partial charge in [0.25, 0.3) is 0 Å². The van der Waals surface area contributed by atoms with Crippen molar-refractivity contribution in [3.05, 3.63) is 59.4 Å². The normalized spacial score (nSPS) is 10.4. The third-order valence-electron chi connectivity index (χ3n) is 3.42. The lowest BCUT2D eigenvalue weighted by molar-refractivity contribution is 0.262. The number of rotatable bonds is 3. The molecule has 0 bridgehead atoms. The molecule has 0 radical (unpaired) electrons. The summed E-state index contributed by atoms with van der Waals surface area (Å²) in [6.07, 6.45) is 1.76. The van der Waals surface area contributed by atoms with Gasteiger partial charge in [0.15, 0.2) is 0 Å². The minimum absolute atomic E-state index is 0.411. The lowest BCUT2D eigenvalue weighted by atomic mass is 10.1. The Kier molecular flexibility index (Phi) is 4.39. The summed E-state index contributed by atoms with van der Waals surface area (Å²) >= 11 is 6.26. The number of nitrogen functional groups attached to an aromatic ring is 1. The Balaban J connectivity index is 1.73. The van der Waals surface area contributed by atoms with Gasteiger partial charge in [-0.05, 0) is 37.3 Å². The van der Waals surface area contributed by atoms with Crippen molar-refractivity contribution in [1.29, 1.82) is 0 Å². The predicted octanol–water partition coefficient (Wildman–Crippen LogP) is 4.26. The fourth-order valence-electron chi connectivity index (χ4n) is 2.29. The van der Waals surface area contributed by atoms with Gasteiger partial charge in [-0.2, -0.15) is 0 Å². The average molecular weight is 342 g/mol. The summed E-state index contributed by atoms with van der Waals surface area (Å²) in [7, 11) is 0. The van der Waals surface area contributed by atoms with Gasteiger partial charge < -0.3 is 16.0 Å². The fraction of sp³-hybridized carbons (Fsp3) is 0.0588. The molecule has 3 rings (SSSR count). The Bertz CT molecular complexity index is 890. The number of aromatic amines is 1. The van der Waals surface area contributed by atoms with Gasteiger partial charge >= 0.3 is 6.03 Å². The second-order valence-electron chi connectivity index (χ2n) is 5.25. The molecule has 24 heavy (non-hydrogen) atoms. The molecule has 6 nitrogen and oxygen atoms in total. The number of hydrogen-bond acceptors (Lipinski definition) is 3. The highest BCUT2D eigenvalue weighted by molar-refractivity contribution is 6.34. The lowest BCUT2D eigenvalue weighted by Crippen LogP contribution is -2.20. The van der Waals surface area contributed by atoms with Crippen molar-refractivity contribution in [1.82, 2.24) is 9.97 Å². The van der Waals surface area contributed by atoms with E-state index in [1.165, 1.54) is 0 Å². The van der Waals surface area contributed by atoms with E-state index in [1.807, 2.05) is 25.1 Å². The molecule has 0 spiro atoms. The van der Waals surface area contributed by atoms with E-state index in [4.69, 9.17) is 17.3 Å². The number of pyridine rings is 1. The molecule has 2 amide bonds. The van der Waals surface area contributed by atoms with E-state index in [2.05, 4.69) is 20.6 Å². The van der Waals surface area contributed by atoms with Crippen molar-refractivity contribution >= 4 is 34.8 Å². The molecule has 0 saturated carbocycles. The number of H-pyrrole nitrogens is 1. The van der Waals surface area contributed by atoms with Crippen molar-refractivity contribution in [2.75, 3.05) is 16.4 Å². The van der Waals surface area contributed by atoms with Crippen LogP contribution in [-0.4, -0.2) is 16.0 Å². The second-order valence-corrected chi connectivity index (χ2v) is 5.65. The molecule has 0 aliphatic rings. The predicted molar refractivity (Wildman–Crippen MR) is 97.3 cm³/mol. The summed E-state index contributed by atoms with van der Waals surface area (Å²) in [5.41, 5.74) is 9.46. The molecule has 0 saturated heterocycles. The number of aromatic nitrogens is 2. The van der Waals surface area contributed by atoms with Gasteiger partial charge in [0.1, 0.15) is 5.82 Å². The molecular weight excluding hydrogens is 326 g/mol. The molecule has 2 aromatic heterocycles. The highest BCUT2D eigenvalue weighted by Crippen LogP contribution is 2.30. The number of urea groups is 1. The van der Waals surface area contributed by atoms with Crippen LogP contribution < -0.4 is 16.4 Å². The van der Waals surface area contributed by atoms with E-state index in [0.717, 1.165) is 17.0 Å². The quantitative estimate of drug-likeness (QED) is 0.573. The summed E-state index contributed by atoms with van der Waals surface area (Å²) in [4.78, 5) is 19.3. The SMILES string of the molecule is Cc1cccc(NC(=O)Nc2ccc(-c3[nH]ccc3N)cc2Cl)n1. The largest absolute Gasteiger partial charge is 0.397 e. The molecule has 0 aliphatic heterocycles. The van der Waals surface area contributed by atoms with Crippen LogP contribution in [0.2, 0.25) is 5.02 Å². The summed E-state index contributed by atoms with van der Waals surface area (Å²) in [5, 5.41) is 5.78. The number of benzene rings is 1. The highest BCUT2D eigenvalue weighted by Gasteiger charge is 2.10. The first-order chi connectivity index (χ1) is 11.5. The van der Waals surface area contributed by atoms with E-state index in [0.29, 0.717) is 22.2 Å². The number of halogens is 1. The van der Waals surface area contributed by atoms with Crippen molar-refractivity contribution < 1.29 is 4.79 Å². The van der Waals surface area contributed by atoms with Crippen LogP contribution in [0, 0.1) is 6.92 Å². The monoisotopic (exact) mass is 341 g/mol. The molecular formula is C17H16ClN5O. The van der Waals surface area contributed by atoms with E-state index < -0.39 is 6.03 Å². The van der Waals surface area contributed by atoms with E-state index >= 15 is 0 Å². The van der Waals surface area contributed by atoms with Crippen molar-refractivity contribution in [3.63, 3.8) is 0 Å². The van der Waals surface area contributed by atoms with Gasteiger partial charge in [-0.3, -0.25) is 5.32 Å². The molecule has 0 unspecified atom stereocenters. The molecule has 1 aromatic carbocycles. The van der Waals surface area contributed by atoms with Crippen LogP contribution in [0.1, 0.15) is 5.69 Å². The van der Waals surface area contributed by atoms with Gasteiger partial charge in [0.05, 0.1) is 22.1 Å². The van der Waals surface area contributed by atoms with Gasteiger partial charge in [-0.25, -0.2) is 9.78 Å². The summed E-state index contributed by atoms with van der Waals surface area (Å²) in [5.74, 6) is 0.472. The van der Waals surface area contributed by atoms with Crippen molar-refractivity contribution in [2.24, 2.45) is 0 Å². The van der Waals surface area contributed by atoms with E-state index in [-0.39, 0.29) is 0 Å². The van der Waals surface area contributed by atoms with Gasteiger partial charge in [-0.1, -0.05) is 23.7 Å². The standard InChI is InChI=1S/C17H16ClN5O/c1-10-3-2-4-15(21-10)23-17(24)22-14-6-5-11(9-12(14)18)16-13(19)7-8-20-16/h2-9,20H,19H2,1H3,(H2,21,22,23,24). The zero-order valence-corrected chi connectivity index (χ0v) is 13.7. The first-order valence-electron chi connectivity index (χ1n) is 7.27. The number of nitrogens with two attached hydrogens (primary N) is 1. The number of aryl methyl sites for hydroxylation is 1. The van der Waals surface area contributed by atoms with Crippen LogP contribution in [0.3, 0.4) is 0 Å². The Morgan fingerprint density at radius 2 is 2.04 bits per heavy atom. The van der Waals surface area contributed by atoms with Crippen LogP contribution in [0.5, 0.6) is 0 Å². The Morgan fingerprint density at radius 3 is 2.71 bits per heavy atom. The van der Waals surface area contributed by atoms with Crippen LogP contribution in [0.25, 0.3) is 11.3 Å². The molecule has 0 fully saturated rings. The Morgan fingerprint density at radius 1 is 1.21 bits per heavy atom. The third kappa shape index (κ3) is 3.49. The zero-order valence-electron chi connectivity index (χ0n) is 12.9. The smallest absolute Gasteiger partial charge is 0.324 e. The van der Waals surface area contributed by atoms with Gasteiger partial charge in [0, 0.05) is 17.5 Å². The minimum Gasteiger partial charge on any atom is -0.397 e. The van der Waals surface area contributed by atoms with Crippen LogP contribution >= 0.6 is 11.6 Å². The van der Waals surface area contributed by atoms with Crippen LogP contribution in [0.4, 0.5) is 22.0 Å². The lowest BCUT2D eigenvalue weighted by Gasteiger charge is -2.10. The van der Waals surface area contributed by atoms with Gasteiger partial charge in [-0.15, -0.1) is 0 Å². The number of carbonyl (C=O) groups excluding carboxylic acids is 1. The average Bonchev–Trinajstić information content (AvgIpc) is 2.95. The summed E-state index contributed by atoms with van der Waals surface area (Å²) in [6, 6.07) is 12.0. The molecule has 7 heteroatoms. The number of nitrogens with zero attached hydrogens (tertiary/aromatic N) is 1. The van der Waals surface area contributed by atoms with Crippen molar-refractivity contribution in [2.45, 2.75) is 6.92 Å². The topological polar surface area (TPSA) is 95.8 Å². The maximum Gasteiger partial charge on any atom is 0.324 e.